The van der Waals surface area contributed by atoms with Crippen molar-refractivity contribution in [2.75, 3.05) is 6.54 Å². The van der Waals surface area contributed by atoms with E-state index in [1.165, 1.54) is 6.07 Å². The number of carbonyl (C=O) groups excluding carboxylic acids is 1. The van der Waals surface area contributed by atoms with Crippen LogP contribution < -0.4 is 0 Å². The van der Waals surface area contributed by atoms with Crippen LogP contribution in [-0.2, 0) is 0 Å². The van der Waals surface area contributed by atoms with Crippen molar-refractivity contribution in [1.29, 1.82) is 0 Å². The van der Waals surface area contributed by atoms with Gasteiger partial charge in [0.15, 0.2) is 0 Å². The minimum atomic E-state index is -0.429. The van der Waals surface area contributed by atoms with Gasteiger partial charge in [-0.3, -0.25) is 14.9 Å². The molecule has 0 saturated heterocycles. The molecular weight excluding hydrogens is 268 g/mol. The standard InChI is InChI=1S/C16H22N2O3/c1-11(2)8-9-17(14-6-7-14)16(19)13-5-4-12(3)15(10-13)18(20)21/h4-5,10-11,14H,6-9H2,1-3H3. The summed E-state index contributed by atoms with van der Waals surface area (Å²) in [6.45, 7) is 6.67. The molecule has 1 aromatic rings. The smallest absolute Gasteiger partial charge is 0.273 e. The lowest BCUT2D eigenvalue weighted by atomic mass is 10.1. The maximum Gasteiger partial charge on any atom is 0.273 e. The maximum atomic E-state index is 12.6. The van der Waals surface area contributed by atoms with Crippen LogP contribution in [0.15, 0.2) is 18.2 Å². The summed E-state index contributed by atoms with van der Waals surface area (Å²) in [5, 5.41) is 11.0. The third-order valence-corrected chi connectivity index (χ3v) is 3.85. The van der Waals surface area contributed by atoms with E-state index in [1.54, 1.807) is 19.1 Å². The lowest BCUT2D eigenvalue weighted by Crippen LogP contribution is -2.34. The highest BCUT2D eigenvalue weighted by molar-refractivity contribution is 5.95. The SMILES string of the molecule is Cc1ccc(C(=O)N(CCC(C)C)C2CC2)cc1[N+](=O)[O-]. The van der Waals surface area contributed by atoms with Gasteiger partial charge in [0.25, 0.3) is 11.6 Å². The number of aryl methyl sites for hydroxylation is 1. The van der Waals surface area contributed by atoms with Crippen LogP contribution in [0.4, 0.5) is 5.69 Å². The van der Waals surface area contributed by atoms with Crippen molar-refractivity contribution in [3.63, 3.8) is 0 Å². The first-order valence-electron chi connectivity index (χ1n) is 7.46. The fraction of sp³-hybridized carbons (Fsp3) is 0.562. The Labute approximate surface area is 125 Å². The van der Waals surface area contributed by atoms with E-state index in [0.717, 1.165) is 25.8 Å². The summed E-state index contributed by atoms with van der Waals surface area (Å²) in [4.78, 5) is 25.1. The molecule has 0 aliphatic heterocycles. The molecule has 0 N–H and O–H groups in total. The van der Waals surface area contributed by atoms with Gasteiger partial charge in [-0.2, -0.15) is 0 Å². The molecule has 2 rings (SSSR count). The summed E-state index contributed by atoms with van der Waals surface area (Å²) >= 11 is 0. The molecule has 0 spiro atoms. The first kappa shape index (κ1) is 15.5. The number of nitro groups is 1. The predicted molar refractivity (Wildman–Crippen MR) is 81.3 cm³/mol. The number of benzene rings is 1. The largest absolute Gasteiger partial charge is 0.336 e. The van der Waals surface area contributed by atoms with E-state index in [0.29, 0.717) is 23.1 Å². The average molecular weight is 290 g/mol. The third-order valence-electron chi connectivity index (χ3n) is 3.85. The Bertz CT molecular complexity index is 550. The van der Waals surface area contributed by atoms with Crippen LogP contribution in [0, 0.1) is 23.0 Å². The van der Waals surface area contributed by atoms with Crippen LogP contribution >= 0.6 is 0 Å². The summed E-state index contributed by atoms with van der Waals surface area (Å²) in [5.74, 6) is 0.452. The van der Waals surface area contributed by atoms with Crippen molar-refractivity contribution < 1.29 is 9.72 Å². The van der Waals surface area contributed by atoms with Gasteiger partial charge >= 0.3 is 0 Å². The fourth-order valence-corrected chi connectivity index (χ4v) is 2.34. The van der Waals surface area contributed by atoms with Gasteiger partial charge in [0.05, 0.1) is 4.92 Å². The number of hydrogen-bond donors (Lipinski definition) is 0. The van der Waals surface area contributed by atoms with Crippen molar-refractivity contribution in [2.45, 2.75) is 46.1 Å². The lowest BCUT2D eigenvalue weighted by Gasteiger charge is -2.23. The minimum Gasteiger partial charge on any atom is -0.336 e. The quantitative estimate of drug-likeness (QED) is 0.594. The lowest BCUT2D eigenvalue weighted by molar-refractivity contribution is -0.385. The average Bonchev–Trinajstić information content (AvgIpc) is 3.23. The summed E-state index contributed by atoms with van der Waals surface area (Å²) < 4.78 is 0. The second-order valence-electron chi connectivity index (χ2n) is 6.17. The molecule has 1 saturated carbocycles. The van der Waals surface area contributed by atoms with Gasteiger partial charge in [-0.25, -0.2) is 0 Å². The highest BCUT2D eigenvalue weighted by Gasteiger charge is 2.33. The van der Waals surface area contributed by atoms with Crippen molar-refractivity contribution in [1.82, 2.24) is 4.90 Å². The molecule has 1 amide bonds. The Kier molecular flexibility index (Phi) is 4.60. The number of carbonyl (C=O) groups is 1. The Balaban J connectivity index is 2.20. The zero-order valence-electron chi connectivity index (χ0n) is 12.8. The van der Waals surface area contributed by atoms with Crippen molar-refractivity contribution in [3.8, 4) is 0 Å². The molecule has 0 atom stereocenters. The molecular formula is C16H22N2O3. The summed E-state index contributed by atoms with van der Waals surface area (Å²) in [7, 11) is 0. The van der Waals surface area contributed by atoms with Gasteiger partial charge in [0.1, 0.15) is 0 Å². The molecule has 0 unspecified atom stereocenters. The van der Waals surface area contributed by atoms with E-state index in [-0.39, 0.29) is 11.6 Å². The molecule has 0 bridgehead atoms. The Hall–Kier alpha value is -1.91. The second-order valence-corrected chi connectivity index (χ2v) is 6.17. The molecule has 21 heavy (non-hydrogen) atoms. The second kappa shape index (κ2) is 6.24. The minimum absolute atomic E-state index is 0.0143. The zero-order chi connectivity index (χ0) is 15.6. The van der Waals surface area contributed by atoms with Crippen LogP contribution in [0.2, 0.25) is 0 Å². The summed E-state index contributed by atoms with van der Waals surface area (Å²) in [6, 6.07) is 5.06. The van der Waals surface area contributed by atoms with Crippen LogP contribution in [0.25, 0.3) is 0 Å². The third kappa shape index (κ3) is 3.80. The molecule has 114 valence electrons. The van der Waals surface area contributed by atoms with Gasteiger partial charge in [-0.1, -0.05) is 19.9 Å². The Morgan fingerprint density at radius 2 is 2.10 bits per heavy atom. The van der Waals surface area contributed by atoms with E-state index in [2.05, 4.69) is 13.8 Å². The summed E-state index contributed by atoms with van der Waals surface area (Å²) in [6.07, 6.45) is 3.03. The Morgan fingerprint density at radius 1 is 1.43 bits per heavy atom. The highest BCUT2D eigenvalue weighted by Crippen LogP contribution is 2.30. The molecule has 1 aliphatic rings. The molecule has 0 radical (unpaired) electrons. The van der Waals surface area contributed by atoms with E-state index in [9.17, 15) is 14.9 Å². The first-order valence-corrected chi connectivity index (χ1v) is 7.46. The number of rotatable bonds is 6. The van der Waals surface area contributed by atoms with Crippen LogP contribution in [-0.4, -0.2) is 28.3 Å². The van der Waals surface area contributed by atoms with E-state index in [4.69, 9.17) is 0 Å². The number of hydrogen-bond acceptors (Lipinski definition) is 3. The van der Waals surface area contributed by atoms with Gasteiger partial charge in [0.2, 0.25) is 0 Å². The van der Waals surface area contributed by atoms with Gasteiger partial charge < -0.3 is 4.90 Å². The van der Waals surface area contributed by atoms with Gasteiger partial charge in [0, 0.05) is 29.8 Å². The monoisotopic (exact) mass is 290 g/mol. The molecule has 5 heteroatoms. The maximum absolute atomic E-state index is 12.6. The number of amides is 1. The van der Waals surface area contributed by atoms with E-state index < -0.39 is 4.92 Å². The molecule has 5 nitrogen and oxygen atoms in total. The fourth-order valence-electron chi connectivity index (χ4n) is 2.34. The molecule has 1 aliphatic carbocycles. The van der Waals surface area contributed by atoms with Crippen molar-refractivity contribution >= 4 is 11.6 Å². The van der Waals surface area contributed by atoms with Gasteiger partial charge in [-0.15, -0.1) is 0 Å². The van der Waals surface area contributed by atoms with E-state index in [1.807, 2.05) is 4.90 Å². The topological polar surface area (TPSA) is 63.5 Å². The van der Waals surface area contributed by atoms with Crippen LogP contribution in [0.5, 0.6) is 0 Å². The van der Waals surface area contributed by atoms with Crippen molar-refractivity contribution in [3.05, 3.63) is 39.4 Å². The first-order chi connectivity index (χ1) is 9.90. The van der Waals surface area contributed by atoms with Crippen LogP contribution in [0.3, 0.4) is 0 Å². The number of nitrogens with zero attached hydrogens (tertiary/aromatic N) is 2. The number of nitro benzene ring substituents is 1. The molecule has 1 aromatic carbocycles. The normalized spacial score (nSPS) is 14.3. The molecule has 1 fully saturated rings. The van der Waals surface area contributed by atoms with Gasteiger partial charge in [-0.05, 0) is 38.2 Å². The van der Waals surface area contributed by atoms with E-state index >= 15 is 0 Å². The summed E-state index contributed by atoms with van der Waals surface area (Å²) in [5.41, 5.74) is 1.01. The molecule has 0 heterocycles. The predicted octanol–water partition coefficient (Wildman–Crippen LogP) is 3.55. The van der Waals surface area contributed by atoms with Crippen LogP contribution in [0.1, 0.15) is 49.0 Å². The molecule has 0 aromatic heterocycles. The highest BCUT2D eigenvalue weighted by atomic mass is 16.6. The zero-order valence-corrected chi connectivity index (χ0v) is 12.8. The Morgan fingerprint density at radius 3 is 2.62 bits per heavy atom. The van der Waals surface area contributed by atoms with Crippen molar-refractivity contribution in [2.24, 2.45) is 5.92 Å².